The molecule has 4 aromatic rings. The van der Waals surface area contributed by atoms with Gasteiger partial charge in [0.05, 0.1) is 21.3 Å². The largest absolute Gasteiger partial charge is 0.376 e. The van der Waals surface area contributed by atoms with Crippen molar-refractivity contribution in [2.24, 2.45) is 5.10 Å². The van der Waals surface area contributed by atoms with Gasteiger partial charge in [0.2, 0.25) is 0 Å². The Morgan fingerprint density at radius 1 is 0.784 bits per heavy atom. The SMILES string of the molecule is O=C1/C(=C\c2cc(Cl)c(OS(=O)(=O)c3ccccc3)c(Cl)c2)C(c2ccccc2)=NN1c1ccccc1. The minimum Gasteiger partial charge on any atom is -0.376 e. The molecule has 0 saturated carbocycles. The van der Waals surface area contributed by atoms with Gasteiger partial charge in [-0.2, -0.15) is 18.5 Å². The van der Waals surface area contributed by atoms with Gasteiger partial charge in [0.1, 0.15) is 10.6 Å². The summed E-state index contributed by atoms with van der Waals surface area (Å²) in [5, 5.41) is 5.88. The molecule has 0 saturated heterocycles. The first-order valence-electron chi connectivity index (χ1n) is 11.1. The summed E-state index contributed by atoms with van der Waals surface area (Å²) >= 11 is 12.8. The molecule has 5 rings (SSSR count). The van der Waals surface area contributed by atoms with Crippen LogP contribution in [0.4, 0.5) is 5.69 Å². The Morgan fingerprint density at radius 2 is 1.32 bits per heavy atom. The van der Waals surface area contributed by atoms with Gasteiger partial charge in [-0.25, -0.2) is 0 Å². The van der Waals surface area contributed by atoms with Gasteiger partial charge >= 0.3 is 10.1 Å². The highest BCUT2D eigenvalue weighted by atomic mass is 35.5. The number of para-hydroxylation sites is 1. The van der Waals surface area contributed by atoms with Crippen LogP contribution in [0.5, 0.6) is 5.75 Å². The molecule has 1 heterocycles. The van der Waals surface area contributed by atoms with Gasteiger partial charge in [-0.05, 0) is 48.0 Å². The van der Waals surface area contributed by atoms with Crippen molar-refractivity contribution in [2.45, 2.75) is 4.90 Å². The highest BCUT2D eigenvalue weighted by Gasteiger charge is 2.32. The summed E-state index contributed by atoms with van der Waals surface area (Å²) in [4.78, 5) is 13.4. The lowest BCUT2D eigenvalue weighted by Gasteiger charge is -2.12. The van der Waals surface area contributed by atoms with E-state index in [4.69, 9.17) is 27.4 Å². The second-order valence-corrected chi connectivity index (χ2v) is 10.4. The topological polar surface area (TPSA) is 76.0 Å². The molecule has 1 aliphatic heterocycles. The molecule has 4 aromatic carbocycles. The summed E-state index contributed by atoms with van der Waals surface area (Å²) in [5.74, 6) is -0.528. The summed E-state index contributed by atoms with van der Waals surface area (Å²) < 4.78 is 30.6. The lowest BCUT2D eigenvalue weighted by Crippen LogP contribution is -2.21. The monoisotopic (exact) mass is 548 g/mol. The molecule has 0 spiro atoms. The second-order valence-electron chi connectivity index (χ2n) is 7.99. The van der Waals surface area contributed by atoms with E-state index in [9.17, 15) is 13.2 Å². The number of halogens is 2. The van der Waals surface area contributed by atoms with Crippen LogP contribution in [0, 0.1) is 0 Å². The molecule has 0 fully saturated rings. The molecule has 37 heavy (non-hydrogen) atoms. The molecule has 0 aliphatic carbocycles. The number of amides is 1. The molecular weight excluding hydrogens is 531 g/mol. The van der Waals surface area contributed by atoms with Gasteiger partial charge in [0, 0.05) is 5.56 Å². The van der Waals surface area contributed by atoms with Crippen LogP contribution in [0.15, 0.2) is 119 Å². The lowest BCUT2D eigenvalue weighted by atomic mass is 10.00. The van der Waals surface area contributed by atoms with E-state index in [2.05, 4.69) is 5.10 Å². The number of nitrogens with zero attached hydrogens (tertiary/aromatic N) is 2. The zero-order valence-corrected chi connectivity index (χ0v) is 21.4. The van der Waals surface area contributed by atoms with Crippen LogP contribution >= 0.6 is 23.2 Å². The molecule has 0 N–H and O–H groups in total. The Labute approximate surface area is 224 Å². The number of hydrogen-bond acceptors (Lipinski definition) is 5. The highest BCUT2D eigenvalue weighted by molar-refractivity contribution is 7.87. The number of hydrazone groups is 1. The minimum absolute atomic E-state index is 0.0255. The van der Waals surface area contributed by atoms with Crippen LogP contribution in [-0.2, 0) is 14.9 Å². The van der Waals surface area contributed by atoms with Crippen molar-refractivity contribution in [2.75, 3.05) is 5.01 Å². The molecule has 0 radical (unpaired) electrons. The molecular formula is C28H18Cl2N2O4S. The molecule has 0 atom stereocenters. The summed E-state index contributed by atoms with van der Waals surface area (Å²) in [6.07, 6.45) is 1.62. The first-order valence-corrected chi connectivity index (χ1v) is 13.2. The van der Waals surface area contributed by atoms with Crippen LogP contribution in [0.25, 0.3) is 6.08 Å². The minimum atomic E-state index is -4.15. The Morgan fingerprint density at radius 3 is 1.92 bits per heavy atom. The van der Waals surface area contributed by atoms with Gasteiger partial charge in [0.15, 0.2) is 5.75 Å². The maximum atomic E-state index is 13.4. The van der Waals surface area contributed by atoms with E-state index in [0.29, 0.717) is 22.5 Å². The fourth-order valence-corrected chi connectivity index (χ4v) is 5.41. The molecule has 0 unspecified atom stereocenters. The second kappa shape index (κ2) is 10.2. The van der Waals surface area contributed by atoms with Crippen molar-refractivity contribution >= 4 is 56.7 Å². The molecule has 6 nitrogen and oxygen atoms in total. The summed E-state index contributed by atoms with van der Waals surface area (Å²) in [5.41, 5.74) is 2.66. The van der Waals surface area contributed by atoms with E-state index in [1.807, 2.05) is 48.5 Å². The van der Waals surface area contributed by atoms with Crippen LogP contribution < -0.4 is 9.19 Å². The number of carbonyl (C=O) groups is 1. The van der Waals surface area contributed by atoms with E-state index >= 15 is 0 Å². The molecule has 1 amide bonds. The lowest BCUT2D eigenvalue weighted by molar-refractivity contribution is -0.114. The van der Waals surface area contributed by atoms with Crippen molar-refractivity contribution in [1.82, 2.24) is 0 Å². The van der Waals surface area contributed by atoms with Crippen molar-refractivity contribution in [1.29, 1.82) is 0 Å². The third-order valence-corrected chi connectivity index (χ3v) is 7.28. The number of hydrogen-bond donors (Lipinski definition) is 0. The fraction of sp³-hybridized carbons (Fsp3) is 0. The van der Waals surface area contributed by atoms with E-state index in [1.54, 1.807) is 36.4 Å². The first kappa shape index (κ1) is 24.8. The Bertz CT molecular complexity index is 1620. The van der Waals surface area contributed by atoms with E-state index < -0.39 is 10.1 Å². The molecule has 184 valence electrons. The zero-order valence-electron chi connectivity index (χ0n) is 19.1. The van der Waals surface area contributed by atoms with Crippen molar-refractivity contribution in [3.63, 3.8) is 0 Å². The molecule has 1 aliphatic rings. The quantitative estimate of drug-likeness (QED) is 0.201. The summed E-state index contributed by atoms with van der Waals surface area (Å²) in [6.45, 7) is 0. The predicted molar refractivity (Wildman–Crippen MR) is 146 cm³/mol. The van der Waals surface area contributed by atoms with Gasteiger partial charge < -0.3 is 4.18 Å². The third kappa shape index (κ3) is 5.15. The average molecular weight is 549 g/mol. The average Bonchev–Trinajstić information content (AvgIpc) is 3.23. The number of benzene rings is 4. The molecule has 0 bridgehead atoms. The van der Waals surface area contributed by atoms with Crippen molar-refractivity contribution in [3.05, 3.63) is 130 Å². The van der Waals surface area contributed by atoms with E-state index in [0.717, 1.165) is 5.56 Å². The van der Waals surface area contributed by atoms with E-state index in [-0.39, 0.29) is 26.6 Å². The highest BCUT2D eigenvalue weighted by Crippen LogP contribution is 2.37. The van der Waals surface area contributed by atoms with Crippen LogP contribution in [0.1, 0.15) is 11.1 Å². The first-order chi connectivity index (χ1) is 17.8. The van der Waals surface area contributed by atoms with Gasteiger partial charge in [-0.15, -0.1) is 0 Å². The van der Waals surface area contributed by atoms with Gasteiger partial charge in [-0.1, -0.05) is 89.9 Å². The zero-order chi connectivity index (χ0) is 26.0. The number of rotatable bonds is 6. The normalized spacial score (nSPS) is 14.6. The smallest absolute Gasteiger partial charge is 0.339 e. The third-order valence-electron chi connectivity index (χ3n) is 5.48. The van der Waals surface area contributed by atoms with Crippen LogP contribution in [0.2, 0.25) is 10.0 Å². The standard InChI is InChI=1S/C28H18Cl2N2O4S/c29-24-17-19(18-25(30)27(24)36-37(34,35)22-14-8-3-9-15-22)16-23-26(20-10-4-1-5-11-20)31-32(28(23)33)21-12-6-2-7-13-21/h1-18H/b23-16-. The van der Waals surface area contributed by atoms with Gasteiger partial charge in [-0.3, -0.25) is 4.79 Å². The maximum absolute atomic E-state index is 13.4. The molecule has 9 heteroatoms. The fourth-order valence-electron chi connectivity index (χ4n) is 3.75. The molecule has 0 aromatic heterocycles. The van der Waals surface area contributed by atoms with Crippen LogP contribution in [0.3, 0.4) is 0 Å². The maximum Gasteiger partial charge on any atom is 0.339 e. The van der Waals surface area contributed by atoms with Gasteiger partial charge in [0.25, 0.3) is 5.91 Å². The summed E-state index contributed by atoms with van der Waals surface area (Å²) in [7, 11) is -4.15. The summed E-state index contributed by atoms with van der Waals surface area (Å²) in [6, 6.07) is 29.0. The van der Waals surface area contributed by atoms with Crippen LogP contribution in [-0.4, -0.2) is 20.0 Å². The van der Waals surface area contributed by atoms with E-state index in [1.165, 1.54) is 29.3 Å². The predicted octanol–water partition coefficient (Wildman–Crippen LogP) is 6.60. The van der Waals surface area contributed by atoms with Crippen molar-refractivity contribution in [3.8, 4) is 5.75 Å². The Balaban J connectivity index is 1.53. The number of anilines is 1. The number of carbonyl (C=O) groups excluding carboxylic acids is 1. The Kier molecular flexibility index (Phi) is 6.84. The Hall–Kier alpha value is -3.91. The van der Waals surface area contributed by atoms with Crippen molar-refractivity contribution < 1.29 is 17.4 Å².